The molecule has 26 heavy (non-hydrogen) atoms. The molecule has 9 heteroatoms. The summed E-state index contributed by atoms with van der Waals surface area (Å²) in [6.07, 6.45) is 2.03. The predicted molar refractivity (Wildman–Crippen MR) is 94.0 cm³/mol. The number of aromatic nitrogens is 2. The van der Waals surface area contributed by atoms with Gasteiger partial charge in [0.25, 0.3) is 5.91 Å². The fourth-order valence-corrected chi connectivity index (χ4v) is 3.03. The van der Waals surface area contributed by atoms with Crippen molar-refractivity contribution in [2.24, 2.45) is 0 Å². The van der Waals surface area contributed by atoms with Gasteiger partial charge in [0.05, 0.1) is 12.7 Å². The first kappa shape index (κ1) is 18.4. The molecule has 0 bridgehead atoms. The van der Waals surface area contributed by atoms with Crippen molar-refractivity contribution in [3.8, 4) is 0 Å². The Hall–Kier alpha value is -2.42. The number of ether oxygens (including phenoxy) is 2. The third-order valence-electron chi connectivity index (χ3n) is 4.51. The van der Waals surface area contributed by atoms with E-state index in [0.717, 1.165) is 19.4 Å². The van der Waals surface area contributed by atoms with E-state index >= 15 is 0 Å². The highest BCUT2D eigenvalue weighted by Crippen LogP contribution is 2.13. The van der Waals surface area contributed by atoms with Gasteiger partial charge in [-0.3, -0.25) is 4.79 Å². The zero-order valence-electron chi connectivity index (χ0n) is 15.0. The van der Waals surface area contributed by atoms with Crippen molar-refractivity contribution >= 4 is 17.8 Å². The lowest BCUT2D eigenvalue weighted by Crippen LogP contribution is -2.50. The highest BCUT2D eigenvalue weighted by molar-refractivity contribution is 5.92. The monoisotopic (exact) mass is 363 g/mol. The van der Waals surface area contributed by atoms with Crippen molar-refractivity contribution in [1.29, 1.82) is 0 Å². The lowest BCUT2D eigenvalue weighted by molar-refractivity contribution is 0.0565. The Balaban J connectivity index is 1.48. The van der Waals surface area contributed by atoms with Crippen molar-refractivity contribution in [3.05, 3.63) is 17.8 Å². The number of hydrogen-bond acceptors (Lipinski definition) is 7. The number of rotatable bonds is 5. The molecule has 142 valence electrons. The van der Waals surface area contributed by atoms with E-state index in [0.29, 0.717) is 50.8 Å². The maximum absolute atomic E-state index is 12.5. The molecule has 1 aromatic rings. The molecule has 0 aliphatic carbocycles. The first-order valence-electron chi connectivity index (χ1n) is 9.07. The molecule has 0 radical (unpaired) electrons. The van der Waals surface area contributed by atoms with Crippen molar-refractivity contribution in [2.45, 2.75) is 25.9 Å². The van der Waals surface area contributed by atoms with Gasteiger partial charge in [0.2, 0.25) is 0 Å². The summed E-state index contributed by atoms with van der Waals surface area (Å²) in [5.41, 5.74) is 0.303. The molecule has 0 aromatic carbocycles. The number of amides is 2. The van der Waals surface area contributed by atoms with E-state index in [2.05, 4.69) is 15.5 Å². The zero-order valence-corrected chi connectivity index (χ0v) is 15.0. The van der Waals surface area contributed by atoms with Crippen LogP contribution in [0.1, 0.15) is 30.3 Å². The molecule has 2 saturated heterocycles. The molecular weight excluding hydrogens is 338 g/mol. The van der Waals surface area contributed by atoms with Crippen molar-refractivity contribution in [3.63, 3.8) is 0 Å². The number of carbonyl (C=O) groups excluding carboxylic acids is 2. The van der Waals surface area contributed by atoms with Gasteiger partial charge in [0, 0.05) is 39.3 Å². The Labute approximate surface area is 152 Å². The van der Waals surface area contributed by atoms with Crippen LogP contribution in [0.3, 0.4) is 0 Å². The molecule has 1 aromatic heterocycles. The van der Waals surface area contributed by atoms with E-state index < -0.39 is 0 Å². The van der Waals surface area contributed by atoms with Crippen LogP contribution in [0, 0.1) is 0 Å². The van der Waals surface area contributed by atoms with Crippen LogP contribution in [0.5, 0.6) is 0 Å². The topological polar surface area (TPSA) is 96.9 Å². The van der Waals surface area contributed by atoms with E-state index in [4.69, 9.17) is 9.47 Å². The van der Waals surface area contributed by atoms with Gasteiger partial charge in [-0.15, -0.1) is 10.2 Å². The fourth-order valence-electron chi connectivity index (χ4n) is 3.03. The Bertz CT molecular complexity index is 610. The van der Waals surface area contributed by atoms with Gasteiger partial charge in [-0.05, 0) is 31.9 Å². The quantitative estimate of drug-likeness (QED) is 0.833. The Kier molecular flexibility index (Phi) is 6.21. The van der Waals surface area contributed by atoms with Gasteiger partial charge in [0.1, 0.15) is 5.82 Å². The second kappa shape index (κ2) is 8.79. The average Bonchev–Trinajstić information content (AvgIpc) is 3.20. The minimum Gasteiger partial charge on any atom is -0.450 e. The number of carbonyl (C=O) groups is 2. The largest absolute Gasteiger partial charge is 0.450 e. The lowest BCUT2D eigenvalue weighted by atomic mass is 10.2. The Morgan fingerprint density at radius 3 is 2.62 bits per heavy atom. The zero-order chi connectivity index (χ0) is 18.4. The number of anilines is 1. The Morgan fingerprint density at radius 2 is 2.00 bits per heavy atom. The van der Waals surface area contributed by atoms with Gasteiger partial charge < -0.3 is 24.6 Å². The third-order valence-corrected chi connectivity index (χ3v) is 4.51. The smallest absolute Gasteiger partial charge is 0.409 e. The molecule has 0 saturated carbocycles. The van der Waals surface area contributed by atoms with E-state index in [9.17, 15) is 9.59 Å². The second-order valence-electron chi connectivity index (χ2n) is 6.30. The summed E-state index contributed by atoms with van der Waals surface area (Å²) in [6.45, 7) is 5.46. The standard InChI is InChI=1S/C17H25N5O4/c1-2-25-17(24)22-9-7-21(8-10-22)16(23)14-5-6-15(20-19-14)18-12-13-4-3-11-26-13/h5-6,13H,2-4,7-12H2,1H3,(H,18,20). The lowest BCUT2D eigenvalue weighted by Gasteiger charge is -2.33. The average molecular weight is 363 g/mol. The molecule has 0 spiro atoms. The van der Waals surface area contributed by atoms with E-state index in [1.807, 2.05) is 0 Å². The summed E-state index contributed by atoms with van der Waals surface area (Å²) in [4.78, 5) is 27.5. The van der Waals surface area contributed by atoms with Crippen LogP contribution in [-0.4, -0.2) is 84.0 Å². The number of nitrogens with one attached hydrogen (secondary N) is 1. The van der Waals surface area contributed by atoms with Crippen LogP contribution in [-0.2, 0) is 9.47 Å². The Morgan fingerprint density at radius 1 is 1.23 bits per heavy atom. The van der Waals surface area contributed by atoms with Crippen LogP contribution in [0.2, 0.25) is 0 Å². The van der Waals surface area contributed by atoms with Gasteiger partial charge in [-0.25, -0.2) is 4.79 Å². The molecule has 2 aliphatic rings. The molecule has 1 atom stereocenters. The first-order chi connectivity index (χ1) is 12.7. The summed E-state index contributed by atoms with van der Waals surface area (Å²) in [5, 5.41) is 11.3. The summed E-state index contributed by atoms with van der Waals surface area (Å²) in [6, 6.07) is 3.43. The number of piperazine rings is 1. The molecule has 2 amide bonds. The highest BCUT2D eigenvalue weighted by atomic mass is 16.6. The second-order valence-corrected chi connectivity index (χ2v) is 6.30. The summed E-state index contributed by atoms with van der Waals surface area (Å²) < 4.78 is 10.5. The predicted octanol–water partition coefficient (Wildman–Crippen LogP) is 0.982. The molecule has 9 nitrogen and oxygen atoms in total. The van der Waals surface area contributed by atoms with Crippen molar-refractivity contribution < 1.29 is 19.1 Å². The molecule has 1 unspecified atom stereocenters. The van der Waals surface area contributed by atoms with Gasteiger partial charge in [-0.1, -0.05) is 0 Å². The van der Waals surface area contributed by atoms with Crippen LogP contribution in [0.4, 0.5) is 10.6 Å². The molecule has 2 fully saturated rings. The molecule has 1 N–H and O–H groups in total. The van der Waals surface area contributed by atoms with Crippen LogP contribution in [0.25, 0.3) is 0 Å². The normalized spacial score (nSPS) is 20.1. The van der Waals surface area contributed by atoms with Crippen LogP contribution >= 0.6 is 0 Å². The molecule has 2 aliphatic heterocycles. The number of hydrogen-bond donors (Lipinski definition) is 1. The SMILES string of the molecule is CCOC(=O)N1CCN(C(=O)c2ccc(NCC3CCCO3)nn2)CC1. The van der Waals surface area contributed by atoms with Gasteiger partial charge >= 0.3 is 6.09 Å². The van der Waals surface area contributed by atoms with Crippen molar-refractivity contribution in [1.82, 2.24) is 20.0 Å². The summed E-state index contributed by atoms with van der Waals surface area (Å²) in [7, 11) is 0. The molecular formula is C17H25N5O4. The maximum atomic E-state index is 12.5. The van der Waals surface area contributed by atoms with Crippen LogP contribution < -0.4 is 5.32 Å². The fraction of sp³-hybridized carbons (Fsp3) is 0.647. The van der Waals surface area contributed by atoms with Crippen LogP contribution in [0.15, 0.2) is 12.1 Å². The molecule has 3 rings (SSSR count). The molecule has 3 heterocycles. The van der Waals surface area contributed by atoms with Gasteiger partial charge in [-0.2, -0.15) is 0 Å². The minimum absolute atomic E-state index is 0.174. The van der Waals surface area contributed by atoms with Gasteiger partial charge in [0.15, 0.2) is 5.69 Å². The highest BCUT2D eigenvalue weighted by Gasteiger charge is 2.26. The first-order valence-corrected chi connectivity index (χ1v) is 9.07. The maximum Gasteiger partial charge on any atom is 0.409 e. The third kappa shape index (κ3) is 4.60. The van der Waals surface area contributed by atoms with E-state index in [-0.39, 0.29) is 18.1 Å². The number of nitrogens with zero attached hydrogens (tertiary/aromatic N) is 4. The van der Waals surface area contributed by atoms with Crippen molar-refractivity contribution in [2.75, 3.05) is 51.3 Å². The van der Waals surface area contributed by atoms with E-state index in [1.54, 1.807) is 28.9 Å². The summed E-state index contributed by atoms with van der Waals surface area (Å²) in [5.74, 6) is 0.455. The van der Waals surface area contributed by atoms with E-state index in [1.165, 1.54) is 0 Å². The summed E-state index contributed by atoms with van der Waals surface area (Å²) >= 11 is 0. The minimum atomic E-state index is -0.332.